The van der Waals surface area contributed by atoms with Gasteiger partial charge in [0.15, 0.2) is 5.79 Å². The number of carbonyl (C=O) groups excluding carboxylic acids is 1. The standard InChI is InChI=1S/C14H23N3O3/c1-10(7-14(3)19-5-6-20-14)8-15-13(18)12-9-17(4)16-11(12)2/h9-10H,5-8H2,1-4H3,(H,15,18). The molecule has 1 aliphatic rings. The largest absolute Gasteiger partial charge is 0.352 e. The van der Waals surface area contributed by atoms with E-state index in [-0.39, 0.29) is 11.8 Å². The molecule has 20 heavy (non-hydrogen) atoms. The highest BCUT2D eigenvalue weighted by atomic mass is 16.7. The van der Waals surface area contributed by atoms with Crippen LogP contribution in [0.4, 0.5) is 0 Å². The Bertz CT molecular complexity index is 478. The van der Waals surface area contributed by atoms with Crippen LogP contribution in [0.5, 0.6) is 0 Å². The number of aromatic nitrogens is 2. The zero-order valence-electron chi connectivity index (χ0n) is 12.6. The minimum absolute atomic E-state index is 0.0825. The third-order valence-corrected chi connectivity index (χ3v) is 3.49. The zero-order chi connectivity index (χ0) is 14.8. The molecule has 0 aromatic carbocycles. The molecule has 112 valence electrons. The van der Waals surface area contributed by atoms with Gasteiger partial charge >= 0.3 is 0 Å². The van der Waals surface area contributed by atoms with E-state index in [1.165, 1.54) is 0 Å². The van der Waals surface area contributed by atoms with Crippen molar-refractivity contribution in [2.75, 3.05) is 19.8 Å². The molecule has 1 fully saturated rings. The highest BCUT2D eigenvalue weighted by Gasteiger charge is 2.32. The number of aryl methyl sites for hydroxylation is 2. The van der Waals surface area contributed by atoms with Crippen LogP contribution in [-0.2, 0) is 16.5 Å². The first-order chi connectivity index (χ1) is 9.39. The average Bonchev–Trinajstić information content (AvgIpc) is 2.92. The summed E-state index contributed by atoms with van der Waals surface area (Å²) in [6.45, 7) is 7.74. The molecule has 1 N–H and O–H groups in total. The lowest BCUT2D eigenvalue weighted by molar-refractivity contribution is -0.153. The Morgan fingerprint density at radius 2 is 2.20 bits per heavy atom. The van der Waals surface area contributed by atoms with Crippen LogP contribution in [-0.4, -0.2) is 41.2 Å². The molecule has 6 heteroatoms. The van der Waals surface area contributed by atoms with Crippen molar-refractivity contribution in [3.63, 3.8) is 0 Å². The summed E-state index contributed by atoms with van der Waals surface area (Å²) in [5, 5.41) is 7.11. The third kappa shape index (κ3) is 3.58. The van der Waals surface area contributed by atoms with Crippen molar-refractivity contribution in [3.05, 3.63) is 17.5 Å². The number of hydrogen-bond acceptors (Lipinski definition) is 4. The Morgan fingerprint density at radius 1 is 1.55 bits per heavy atom. The molecule has 1 aliphatic heterocycles. The monoisotopic (exact) mass is 281 g/mol. The molecule has 0 aliphatic carbocycles. The number of ether oxygens (including phenoxy) is 2. The maximum Gasteiger partial charge on any atom is 0.254 e. The minimum atomic E-state index is -0.506. The van der Waals surface area contributed by atoms with Gasteiger partial charge in [-0.1, -0.05) is 6.92 Å². The molecule has 0 saturated carbocycles. The second kappa shape index (κ2) is 5.93. The summed E-state index contributed by atoms with van der Waals surface area (Å²) in [6.07, 6.45) is 2.50. The molecule has 0 bridgehead atoms. The Labute approximate surface area is 119 Å². The van der Waals surface area contributed by atoms with Gasteiger partial charge in [0, 0.05) is 26.2 Å². The van der Waals surface area contributed by atoms with Crippen molar-refractivity contribution < 1.29 is 14.3 Å². The lowest BCUT2D eigenvalue weighted by Crippen LogP contribution is -2.34. The fraction of sp³-hybridized carbons (Fsp3) is 0.714. The Kier molecular flexibility index (Phi) is 4.45. The molecule has 1 atom stereocenters. The second-order valence-corrected chi connectivity index (χ2v) is 5.65. The van der Waals surface area contributed by atoms with E-state index in [1.807, 2.05) is 20.9 Å². The van der Waals surface area contributed by atoms with E-state index >= 15 is 0 Å². The van der Waals surface area contributed by atoms with Crippen LogP contribution in [0, 0.1) is 12.8 Å². The van der Waals surface area contributed by atoms with Crippen molar-refractivity contribution in [3.8, 4) is 0 Å². The smallest absolute Gasteiger partial charge is 0.254 e. The maximum absolute atomic E-state index is 12.1. The number of nitrogens with one attached hydrogen (secondary N) is 1. The van der Waals surface area contributed by atoms with Crippen molar-refractivity contribution in [1.29, 1.82) is 0 Å². The first-order valence-electron chi connectivity index (χ1n) is 6.96. The summed E-state index contributed by atoms with van der Waals surface area (Å²) >= 11 is 0. The Hall–Kier alpha value is -1.40. The summed E-state index contributed by atoms with van der Waals surface area (Å²) in [5.41, 5.74) is 1.37. The quantitative estimate of drug-likeness (QED) is 0.882. The number of amides is 1. The SMILES string of the molecule is Cc1nn(C)cc1C(=O)NCC(C)CC1(C)OCCO1. The average molecular weight is 281 g/mol. The fourth-order valence-electron chi connectivity index (χ4n) is 2.56. The molecular formula is C14H23N3O3. The van der Waals surface area contributed by atoms with Crippen molar-refractivity contribution in [1.82, 2.24) is 15.1 Å². The molecule has 1 amide bonds. The zero-order valence-corrected chi connectivity index (χ0v) is 12.6. The molecule has 2 heterocycles. The predicted octanol–water partition coefficient (Wildman–Crippen LogP) is 1.25. The third-order valence-electron chi connectivity index (χ3n) is 3.49. The summed E-state index contributed by atoms with van der Waals surface area (Å²) in [7, 11) is 1.81. The minimum Gasteiger partial charge on any atom is -0.352 e. The Balaban J connectivity index is 1.82. The first kappa shape index (κ1) is 15.0. The van der Waals surface area contributed by atoms with Gasteiger partial charge < -0.3 is 14.8 Å². The van der Waals surface area contributed by atoms with Crippen LogP contribution in [0.15, 0.2) is 6.20 Å². The molecular weight excluding hydrogens is 258 g/mol. The highest BCUT2D eigenvalue weighted by Crippen LogP contribution is 2.26. The van der Waals surface area contributed by atoms with Gasteiger partial charge in [0.25, 0.3) is 5.91 Å². The summed E-state index contributed by atoms with van der Waals surface area (Å²) in [4.78, 5) is 12.1. The van der Waals surface area contributed by atoms with Crippen molar-refractivity contribution in [2.45, 2.75) is 33.0 Å². The van der Waals surface area contributed by atoms with Gasteiger partial charge in [0.05, 0.1) is 24.5 Å². The van der Waals surface area contributed by atoms with Crippen LogP contribution >= 0.6 is 0 Å². The van der Waals surface area contributed by atoms with Gasteiger partial charge in [-0.3, -0.25) is 9.48 Å². The lowest BCUT2D eigenvalue weighted by atomic mass is 10.0. The molecule has 1 aromatic heterocycles. The maximum atomic E-state index is 12.1. The van der Waals surface area contributed by atoms with E-state index in [1.54, 1.807) is 10.9 Å². The van der Waals surface area contributed by atoms with Crippen LogP contribution in [0.1, 0.15) is 36.3 Å². The van der Waals surface area contributed by atoms with Crippen molar-refractivity contribution >= 4 is 5.91 Å². The summed E-state index contributed by atoms with van der Waals surface area (Å²) in [5.74, 6) is -0.311. The molecule has 2 rings (SSSR count). The van der Waals surface area contributed by atoms with Crippen LogP contribution < -0.4 is 5.32 Å². The van der Waals surface area contributed by atoms with E-state index < -0.39 is 5.79 Å². The topological polar surface area (TPSA) is 65.4 Å². The second-order valence-electron chi connectivity index (χ2n) is 5.65. The molecule has 1 unspecified atom stereocenters. The van der Waals surface area contributed by atoms with E-state index in [2.05, 4.69) is 17.3 Å². The molecule has 0 spiro atoms. The summed E-state index contributed by atoms with van der Waals surface area (Å²) in [6, 6.07) is 0. The Morgan fingerprint density at radius 3 is 2.75 bits per heavy atom. The first-order valence-corrected chi connectivity index (χ1v) is 6.96. The fourth-order valence-corrected chi connectivity index (χ4v) is 2.56. The lowest BCUT2D eigenvalue weighted by Gasteiger charge is -2.25. The van der Waals surface area contributed by atoms with Gasteiger partial charge in [0.2, 0.25) is 0 Å². The molecule has 1 aromatic rings. The van der Waals surface area contributed by atoms with Gasteiger partial charge in [-0.2, -0.15) is 5.10 Å². The van der Waals surface area contributed by atoms with Gasteiger partial charge in [0.1, 0.15) is 0 Å². The van der Waals surface area contributed by atoms with Crippen LogP contribution in [0.3, 0.4) is 0 Å². The van der Waals surface area contributed by atoms with E-state index in [4.69, 9.17) is 9.47 Å². The highest BCUT2D eigenvalue weighted by molar-refractivity contribution is 5.94. The van der Waals surface area contributed by atoms with E-state index in [9.17, 15) is 4.79 Å². The van der Waals surface area contributed by atoms with E-state index in [0.717, 1.165) is 12.1 Å². The van der Waals surface area contributed by atoms with Gasteiger partial charge in [-0.05, 0) is 19.8 Å². The van der Waals surface area contributed by atoms with Crippen molar-refractivity contribution in [2.24, 2.45) is 13.0 Å². The molecule has 1 saturated heterocycles. The number of hydrogen-bond donors (Lipinski definition) is 1. The van der Waals surface area contributed by atoms with Gasteiger partial charge in [-0.25, -0.2) is 0 Å². The van der Waals surface area contributed by atoms with Gasteiger partial charge in [-0.15, -0.1) is 0 Å². The van der Waals surface area contributed by atoms with Crippen LogP contribution in [0.25, 0.3) is 0 Å². The summed E-state index contributed by atoms with van der Waals surface area (Å²) < 4.78 is 12.8. The number of rotatable bonds is 5. The normalized spacial score (nSPS) is 19.0. The number of nitrogens with zero attached hydrogens (tertiary/aromatic N) is 2. The predicted molar refractivity (Wildman–Crippen MR) is 74.4 cm³/mol. The number of carbonyl (C=O) groups is 1. The molecule has 0 radical (unpaired) electrons. The molecule has 6 nitrogen and oxygen atoms in total. The van der Waals surface area contributed by atoms with E-state index in [0.29, 0.717) is 25.3 Å². The van der Waals surface area contributed by atoms with Crippen LogP contribution in [0.2, 0.25) is 0 Å².